The Morgan fingerprint density at radius 1 is 1.11 bits per heavy atom. The van der Waals surface area contributed by atoms with Crippen molar-refractivity contribution in [3.8, 4) is 6.07 Å². The number of nitrogens with one attached hydrogen (secondary N) is 1. The molecule has 0 radical (unpaired) electrons. The Morgan fingerprint density at radius 2 is 1.81 bits per heavy atom. The second kappa shape index (κ2) is 10.4. The zero-order valence-electron chi connectivity index (χ0n) is 20.0. The number of nitrogen functional groups attached to an aromatic ring is 1. The third-order valence-corrected chi connectivity index (χ3v) is 6.96. The number of likely N-dealkylation sites (tertiary alicyclic amines) is 1. The Morgan fingerprint density at radius 3 is 2.42 bits per heavy atom. The standard InChI is InChI=1S/C28H27ClF2N4O/c1-28(2,31)25(21-10-17(14-32)11-24(30)13-21)22-15-35(16-22)26(18-6-8-23(29)9-7-18)19-4-3-5-20(12-19)27(36)34-33/h3-13,22,25-26H,15-16,33H2,1-2H3,(H,34,36)/t25-,26+/m1/s1. The van der Waals surface area contributed by atoms with E-state index in [9.17, 15) is 14.4 Å². The van der Waals surface area contributed by atoms with E-state index >= 15 is 4.39 Å². The highest BCUT2D eigenvalue weighted by molar-refractivity contribution is 6.30. The fourth-order valence-electron chi connectivity index (χ4n) is 5.25. The Balaban J connectivity index is 1.67. The molecule has 0 aliphatic carbocycles. The monoisotopic (exact) mass is 508 g/mol. The Hall–Kier alpha value is -3.31. The van der Waals surface area contributed by atoms with Crippen LogP contribution in [0.25, 0.3) is 0 Å². The number of carbonyl (C=O) groups excluding carboxylic acids is 1. The fourth-order valence-corrected chi connectivity index (χ4v) is 5.37. The normalized spacial score (nSPS) is 16.0. The molecule has 2 atom stereocenters. The van der Waals surface area contributed by atoms with Crippen LogP contribution >= 0.6 is 11.6 Å². The second-order valence-corrected chi connectivity index (χ2v) is 10.1. The van der Waals surface area contributed by atoms with Gasteiger partial charge in [0, 0.05) is 29.6 Å². The van der Waals surface area contributed by atoms with Gasteiger partial charge in [-0.3, -0.25) is 15.1 Å². The first kappa shape index (κ1) is 25.8. The van der Waals surface area contributed by atoms with Gasteiger partial charge in [0.2, 0.25) is 0 Å². The van der Waals surface area contributed by atoms with Crippen LogP contribution in [0.2, 0.25) is 5.02 Å². The number of hydrogen-bond donors (Lipinski definition) is 2. The maximum Gasteiger partial charge on any atom is 0.265 e. The molecule has 1 fully saturated rings. The van der Waals surface area contributed by atoms with Crippen LogP contribution in [0.15, 0.2) is 66.7 Å². The number of halogens is 3. The largest absolute Gasteiger partial charge is 0.292 e. The average Bonchev–Trinajstić information content (AvgIpc) is 2.82. The summed E-state index contributed by atoms with van der Waals surface area (Å²) < 4.78 is 29.7. The molecule has 8 heteroatoms. The van der Waals surface area contributed by atoms with Crippen molar-refractivity contribution < 1.29 is 13.6 Å². The van der Waals surface area contributed by atoms with E-state index in [1.807, 2.05) is 24.3 Å². The lowest BCUT2D eigenvalue weighted by Gasteiger charge is -2.50. The van der Waals surface area contributed by atoms with Crippen LogP contribution in [-0.4, -0.2) is 29.6 Å². The first-order valence-electron chi connectivity index (χ1n) is 11.6. The van der Waals surface area contributed by atoms with Crippen molar-refractivity contribution in [3.63, 3.8) is 0 Å². The van der Waals surface area contributed by atoms with Crippen LogP contribution in [0.4, 0.5) is 8.78 Å². The smallest absolute Gasteiger partial charge is 0.265 e. The number of carbonyl (C=O) groups is 1. The number of alkyl halides is 1. The molecule has 3 aromatic rings. The summed E-state index contributed by atoms with van der Waals surface area (Å²) in [5.74, 6) is 3.67. The van der Waals surface area contributed by atoms with Crippen LogP contribution in [0.5, 0.6) is 0 Å². The van der Waals surface area contributed by atoms with Crippen LogP contribution < -0.4 is 11.3 Å². The number of hydrogen-bond acceptors (Lipinski definition) is 4. The number of nitrogens with two attached hydrogens (primary N) is 1. The molecule has 0 unspecified atom stereocenters. The molecule has 186 valence electrons. The molecular weight excluding hydrogens is 482 g/mol. The van der Waals surface area contributed by atoms with Crippen LogP contribution in [-0.2, 0) is 0 Å². The predicted molar refractivity (Wildman–Crippen MR) is 135 cm³/mol. The van der Waals surface area contributed by atoms with Crippen LogP contribution in [0.1, 0.15) is 58.4 Å². The summed E-state index contributed by atoms with van der Waals surface area (Å²) in [5.41, 5.74) is 3.45. The minimum Gasteiger partial charge on any atom is -0.292 e. The Labute approximate surface area is 214 Å². The quantitative estimate of drug-likeness (QED) is 0.250. The van der Waals surface area contributed by atoms with E-state index in [-0.39, 0.29) is 17.5 Å². The number of amides is 1. The van der Waals surface area contributed by atoms with E-state index < -0.39 is 23.3 Å². The van der Waals surface area contributed by atoms with Crippen molar-refractivity contribution in [2.24, 2.45) is 11.8 Å². The van der Waals surface area contributed by atoms with Crippen molar-refractivity contribution in [2.45, 2.75) is 31.5 Å². The molecule has 3 N–H and O–H groups in total. The van der Waals surface area contributed by atoms with Crippen molar-refractivity contribution in [1.82, 2.24) is 10.3 Å². The summed E-state index contributed by atoms with van der Waals surface area (Å²) >= 11 is 6.12. The molecule has 1 aliphatic rings. The third kappa shape index (κ3) is 5.41. The third-order valence-electron chi connectivity index (χ3n) is 6.70. The van der Waals surface area contributed by atoms with Gasteiger partial charge in [0.1, 0.15) is 11.5 Å². The lowest BCUT2D eigenvalue weighted by molar-refractivity contribution is 0.00810. The average molecular weight is 509 g/mol. The topological polar surface area (TPSA) is 82.2 Å². The minimum atomic E-state index is -1.63. The van der Waals surface area contributed by atoms with Crippen molar-refractivity contribution in [3.05, 3.63) is 105 Å². The van der Waals surface area contributed by atoms with Gasteiger partial charge < -0.3 is 0 Å². The first-order chi connectivity index (χ1) is 17.1. The highest BCUT2D eigenvalue weighted by Crippen LogP contribution is 2.45. The molecule has 1 heterocycles. The van der Waals surface area contributed by atoms with E-state index in [2.05, 4.69) is 10.3 Å². The van der Waals surface area contributed by atoms with Gasteiger partial charge in [0.15, 0.2) is 0 Å². The van der Waals surface area contributed by atoms with Crippen LogP contribution in [0.3, 0.4) is 0 Å². The SMILES string of the molecule is CC(C)(F)[C@H](c1cc(F)cc(C#N)c1)C1CN([C@@H](c2ccc(Cl)cc2)c2cccc(C(=O)NN)c2)C1. The Kier molecular flexibility index (Phi) is 7.41. The molecule has 1 saturated heterocycles. The van der Waals surface area contributed by atoms with Gasteiger partial charge in [-0.05, 0) is 78.9 Å². The molecule has 0 bridgehead atoms. The summed E-state index contributed by atoms with van der Waals surface area (Å²) in [4.78, 5) is 14.3. The van der Waals surface area contributed by atoms with E-state index in [1.54, 1.807) is 36.4 Å². The van der Waals surface area contributed by atoms with Gasteiger partial charge in [0.25, 0.3) is 5.91 Å². The lowest BCUT2D eigenvalue weighted by Crippen LogP contribution is -2.53. The number of nitrogens with zero attached hydrogens (tertiary/aromatic N) is 2. The highest BCUT2D eigenvalue weighted by atomic mass is 35.5. The predicted octanol–water partition coefficient (Wildman–Crippen LogP) is 5.51. The van der Waals surface area contributed by atoms with Crippen molar-refractivity contribution in [1.29, 1.82) is 5.26 Å². The van der Waals surface area contributed by atoms with Crippen molar-refractivity contribution >= 4 is 17.5 Å². The molecule has 0 aromatic heterocycles. The number of hydrazine groups is 1. The Bertz CT molecular complexity index is 1290. The van der Waals surface area contributed by atoms with Gasteiger partial charge >= 0.3 is 0 Å². The van der Waals surface area contributed by atoms with Gasteiger partial charge in [-0.1, -0.05) is 35.9 Å². The number of rotatable bonds is 7. The molecule has 1 amide bonds. The summed E-state index contributed by atoms with van der Waals surface area (Å²) in [5, 5.41) is 9.89. The minimum absolute atomic E-state index is 0.108. The van der Waals surface area contributed by atoms with Crippen molar-refractivity contribution in [2.75, 3.05) is 13.1 Å². The number of benzene rings is 3. The van der Waals surface area contributed by atoms with E-state index in [0.717, 1.165) is 17.2 Å². The zero-order chi connectivity index (χ0) is 26.0. The zero-order valence-corrected chi connectivity index (χ0v) is 20.8. The van der Waals surface area contributed by atoms with Gasteiger partial charge in [0.05, 0.1) is 17.7 Å². The summed E-state index contributed by atoms with van der Waals surface area (Å²) in [6.07, 6.45) is 0. The number of nitriles is 1. The van der Waals surface area contributed by atoms with E-state index in [0.29, 0.717) is 29.2 Å². The molecule has 5 nitrogen and oxygen atoms in total. The summed E-state index contributed by atoms with van der Waals surface area (Å²) in [6.45, 7) is 4.06. The molecule has 1 aliphatic heterocycles. The fraction of sp³-hybridized carbons (Fsp3) is 0.286. The maximum absolute atomic E-state index is 15.5. The van der Waals surface area contributed by atoms with E-state index in [1.165, 1.54) is 19.9 Å². The maximum atomic E-state index is 15.5. The summed E-state index contributed by atoms with van der Waals surface area (Å²) in [6, 6.07) is 20.5. The van der Waals surface area contributed by atoms with Crippen LogP contribution in [0, 0.1) is 23.1 Å². The second-order valence-electron chi connectivity index (χ2n) is 9.69. The molecule has 36 heavy (non-hydrogen) atoms. The molecule has 4 rings (SSSR count). The van der Waals surface area contributed by atoms with Gasteiger partial charge in [-0.15, -0.1) is 0 Å². The van der Waals surface area contributed by atoms with Gasteiger partial charge in [-0.2, -0.15) is 5.26 Å². The first-order valence-corrected chi connectivity index (χ1v) is 12.0. The van der Waals surface area contributed by atoms with E-state index in [4.69, 9.17) is 17.4 Å². The highest BCUT2D eigenvalue weighted by Gasteiger charge is 2.45. The molecule has 0 spiro atoms. The summed E-state index contributed by atoms with van der Waals surface area (Å²) in [7, 11) is 0. The molecule has 0 saturated carbocycles. The van der Waals surface area contributed by atoms with Gasteiger partial charge in [-0.25, -0.2) is 14.6 Å². The molecular formula is C28H27ClF2N4O. The molecule has 3 aromatic carbocycles. The lowest BCUT2D eigenvalue weighted by atomic mass is 9.72.